The number of benzene rings is 1. The van der Waals surface area contributed by atoms with Crippen LogP contribution in [-0.4, -0.2) is 23.4 Å². The van der Waals surface area contributed by atoms with Crippen molar-refractivity contribution < 1.29 is 14.3 Å². The summed E-state index contributed by atoms with van der Waals surface area (Å²) < 4.78 is 5.49. The number of amides is 2. The SMILES string of the molecule is CCOc1ccccc1NC(=O)c1ccnc(CNC(C)=O)c1. The van der Waals surface area contributed by atoms with Gasteiger partial charge >= 0.3 is 0 Å². The molecule has 2 rings (SSSR count). The van der Waals surface area contributed by atoms with Crippen LogP contribution in [-0.2, 0) is 11.3 Å². The lowest BCUT2D eigenvalue weighted by Gasteiger charge is -2.11. The highest BCUT2D eigenvalue weighted by Gasteiger charge is 2.10. The van der Waals surface area contributed by atoms with E-state index in [0.29, 0.717) is 29.3 Å². The van der Waals surface area contributed by atoms with Crippen LogP contribution in [0.1, 0.15) is 29.9 Å². The van der Waals surface area contributed by atoms with Crippen molar-refractivity contribution in [1.82, 2.24) is 10.3 Å². The molecule has 0 radical (unpaired) electrons. The van der Waals surface area contributed by atoms with Gasteiger partial charge in [0.2, 0.25) is 5.91 Å². The fourth-order valence-electron chi connectivity index (χ4n) is 1.98. The molecule has 0 saturated carbocycles. The highest BCUT2D eigenvalue weighted by atomic mass is 16.5. The summed E-state index contributed by atoms with van der Waals surface area (Å²) in [4.78, 5) is 27.5. The minimum atomic E-state index is -0.261. The first kappa shape index (κ1) is 16.5. The number of nitrogens with one attached hydrogen (secondary N) is 2. The van der Waals surface area contributed by atoms with Crippen molar-refractivity contribution in [3.05, 3.63) is 53.9 Å². The van der Waals surface area contributed by atoms with Crippen LogP contribution in [0.25, 0.3) is 0 Å². The van der Waals surface area contributed by atoms with Crippen LogP contribution in [0.4, 0.5) is 5.69 Å². The zero-order chi connectivity index (χ0) is 16.7. The number of aromatic nitrogens is 1. The summed E-state index contributed by atoms with van der Waals surface area (Å²) in [6.45, 7) is 4.12. The predicted molar refractivity (Wildman–Crippen MR) is 87.3 cm³/mol. The van der Waals surface area contributed by atoms with E-state index in [1.807, 2.05) is 19.1 Å². The quantitative estimate of drug-likeness (QED) is 0.858. The molecule has 0 aliphatic rings. The van der Waals surface area contributed by atoms with E-state index < -0.39 is 0 Å². The molecule has 2 N–H and O–H groups in total. The summed E-state index contributed by atoms with van der Waals surface area (Å²) in [5.74, 6) is 0.215. The lowest BCUT2D eigenvalue weighted by atomic mass is 10.2. The van der Waals surface area contributed by atoms with E-state index in [1.54, 1.807) is 30.5 Å². The smallest absolute Gasteiger partial charge is 0.255 e. The van der Waals surface area contributed by atoms with Crippen molar-refractivity contribution in [3.63, 3.8) is 0 Å². The predicted octanol–water partition coefficient (Wildman–Crippen LogP) is 2.37. The summed E-state index contributed by atoms with van der Waals surface area (Å²) in [6, 6.07) is 10.5. The Hall–Kier alpha value is -2.89. The molecule has 0 unspecified atom stereocenters. The summed E-state index contributed by atoms with van der Waals surface area (Å²) >= 11 is 0. The highest BCUT2D eigenvalue weighted by Crippen LogP contribution is 2.24. The van der Waals surface area contributed by atoms with Crippen LogP contribution in [0.15, 0.2) is 42.6 Å². The lowest BCUT2D eigenvalue weighted by molar-refractivity contribution is -0.119. The van der Waals surface area contributed by atoms with Crippen molar-refractivity contribution >= 4 is 17.5 Å². The number of para-hydroxylation sites is 2. The molecule has 0 atom stereocenters. The van der Waals surface area contributed by atoms with E-state index in [0.717, 1.165) is 0 Å². The summed E-state index contributed by atoms with van der Waals surface area (Å²) in [5.41, 5.74) is 1.69. The Morgan fingerprint density at radius 1 is 1.22 bits per heavy atom. The summed E-state index contributed by atoms with van der Waals surface area (Å²) in [6.07, 6.45) is 1.54. The molecule has 2 amide bonds. The maximum atomic E-state index is 12.4. The van der Waals surface area contributed by atoms with Crippen LogP contribution >= 0.6 is 0 Å². The van der Waals surface area contributed by atoms with Gasteiger partial charge in [-0.25, -0.2) is 0 Å². The first-order chi connectivity index (χ1) is 11.1. The van der Waals surface area contributed by atoms with E-state index in [2.05, 4.69) is 15.6 Å². The molecule has 120 valence electrons. The normalized spacial score (nSPS) is 10.0. The molecule has 0 aliphatic carbocycles. The van der Waals surface area contributed by atoms with Gasteiger partial charge in [0, 0.05) is 18.7 Å². The van der Waals surface area contributed by atoms with E-state index >= 15 is 0 Å². The minimum absolute atomic E-state index is 0.146. The van der Waals surface area contributed by atoms with Gasteiger partial charge in [0.25, 0.3) is 5.91 Å². The highest BCUT2D eigenvalue weighted by molar-refractivity contribution is 6.05. The average Bonchev–Trinajstić information content (AvgIpc) is 2.55. The monoisotopic (exact) mass is 313 g/mol. The van der Waals surface area contributed by atoms with Crippen molar-refractivity contribution in [1.29, 1.82) is 0 Å². The maximum Gasteiger partial charge on any atom is 0.255 e. The van der Waals surface area contributed by atoms with Gasteiger partial charge in [-0.3, -0.25) is 14.6 Å². The second kappa shape index (κ2) is 7.93. The van der Waals surface area contributed by atoms with E-state index in [4.69, 9.17) is 4.74 Å². The molecule has 1 aromatic heterocycles. The van der Waals surface area contributed by atoms with Crippen LogP contribution < -0.4 is 15.4 Å². The van der Waals surface area contributed by atoms with Gasteiger partial charge in [0.15, 0.2) is 0 Å². The number of hydrogen-bond donors (Lipinski definition) is 2. The Kier molecular flexibility index (Phi) is 5.68. The van der Waals surface area contributed by atoms with E-state index in [1.165, 1.54) is 6.92 Å². The van der Waals surface area contributed by atoms with Crippen LogP contribution in [0.5, 0.6) is 5.75 Å². The van der Waals surface area contributed by atoms with Crippen LogP contribution in [0.2, 0.25) is 0 Å². The molecule has 0 spiro atoms. The lowest BCUT2D eigenvalue weighted by Crippen LogP contribution is -2.20. The number of anilines is 1. The van der Waals surface area contributed by atoms with Crippen LogP contribution in [0, 0.1) is 0 Å². The van der Waals surface area contributed by atoms with Crippen LogP contribution in [0.3, 0.4) is 0 Å². The molecule has 6 heteroatoms. The third kappa shape index (κ3) is 4.81. The number of carbonyl (C=O) groups excluding carboxylic acids is 2. The Morgan fingerprint density at radius 2 is 2.00 bits per heavy atom. The van der Waals surface area contributed by atoms with Gasteiger partial charge in [-0.1, -0.05) is 12.1 Å². The first-order valence-electron chi connectivity index (χ1n) is 7.32. The van der Waals surface area contributed by atoms with Crippen molar-refractivity contribution in [2.24, 2.45) is 0 Å². The van der Waals surface area contributed by atoms with Crippen molar-refractivity contribution in [2.75, 3.05) is 11.9 Å². The largest absolute Gasteiger partial charge is 0.492 e. The van der Waals surface area contributed by atoms with Crippen molar-refractivity contribution in [3.8, 4) is 5.75 Å². The zero-order valence-corrected chi connectivity index (χ0v) is 13.1. The molecule has 0 saturated heterocycles. The third-order valence-corrected chi connectivity index (χ3v) is 3.03. The molecule has 2 aromatic rings. The molecule has 6 nitrogen and oxygen atoms in total. The summed E-state index contributed by atoms with van der Waals surface area (Å²) in [5, 5.41) is 5.48. The molecular formula is C17H19N3O3. The standard InChI is InChI=1S/C17H19N3O3/c1-3-23-16-7-5-4-6-15(16)20-17(22)13-8-9-18-14(10-13)11-19-12(2)21/h4-10H,3,11H2,1-2H3,(H,19,21)(H,20,22). The van der Waals surface area contributed by atoms with E-state index in [9.17, 15) is 9.59 Å². The number of hydrogen-bond acceptors (Lipinski definition) is 4. The molecule has 23 heavy (non-hydrogen) atoms. The topological polar surface area (TPSA) is 80.3 Å². The average molecular weight is 313 g/mol. The summed E-state index contributed by atoms with van der Waals surface area (Å²) in [7, 11) is 0. The van der Waals surface area contributed by atoms with Gasteiger partial charge in [0.05, 0.1) is 24.5 Å². The Balaban J connectivity index is 2.12. The molecule has 0 bridgehead atoms. The fraction of sp³-hybridized carbons (Fsp3) is 0.235. The maximum absolute atomic E-state index is 12.4. The van der Waals surface area contributed by atoms with Gasteiger partial charge < -0.3 is 15.4 Å². The van der Waals surface area contributed by atoms with Gasteiger partial charge in [-0.05, 0) is 31.2 Å². The third-order valence-electron chi connectivity index (χ3n) is 3.03. The van der Waals surface area contributed by atoms with E-state index in [-0.39, 0.29) is 18.4 Å². The van der Waals surface area contributed by atoms with Gasteiger partial charge in [0.1, 0.15) is 5.75 Å². The minimum Gasteiger partial charge on any atom is -0.492 e. The second-order valence-corrected chi connectivity index (χ2v) is 4.83. The fourth-order valence-corrected chi connectivity index (χ4v) is 1.98. The van der Waals surface area contributed by atoms with Gasteiger partial charge in [-0.15, -0.1) is 0 Å². The van der Waals surface area contributed by atoms with Crippen molar-refractivity contribution in [2.45, 2.75) is 20.4 Å². The first-order valence-corrected chi connectivity index (χ1v) is 7.32. The zero-order valence-electron chi connectivity index (χ0n) is 13.1. The Bertz CT molecular complexity index is 701. The number of rotatable bonds is 6. The number of carbonyl (C=O) groups is 2. The molecule has 0 aliphatic heterocycles. The molecule has 1 heterocycles. The molecule has 0 fully saturated rings. The Morgan fingerprint density at radius 3 is 2.74 bits per heavy atom. The second-order valence-electron chi connectivity index (χ2n) is 4.83. The Labute approximate surface area is 134 Å². The number of pyridine rings is 1. The molecule has 1 aromatic carbocycles. The van der Waals surface area contributed by atoms with Gasteiger partial charge in [-0.2, -0.15) is 0 Å². The number of nitrogens with zero attached hydrogens (tertiary/aromatic N) is 1. The number of ether oxygens (including phenoxy) is 1. The molecular weight excluding hydrogens is 294 g/mol.